The Bertz CT molecular complexity index is 361. The van der Waals surface area contributed by atoms with Crippen molar-refractivity contribution >= 4 is 5.84 Å². The zero-order valence-corrected chi connectivity index (χ0v) is 9.89. The van der Waals surface area contributed by atoms with Gasteiger partial charge in [-0.3, -0.25) is 9.67 Å². The summed E-state index contributed by atoms with van der Waals surface area (Å²) in [5.74, 6) is 1.39. The Balaban J connectivity index is 1.79. The molecule has 0 aliphatic heterocycles. The third-order valence-corrected chi connectivity index (χ3v) is 3.16. The van der Waals surface area contributed by atoms with E-state index in [1.54, 1.807) is 0 Å². The molecule has 0 aromatic carbocycles. The molecule has 2 rings (SSSR count). The Labute approximate surface area is 96.6 Å². The Morgan fingerprint density at radius 1 is 1.56 bits per heavy atom. The number of nitrogens with two attached hydrogens (primary N) is 1. The maximum atomic E-state index is 5.97. The molecule has 1 fully saturated rings. The van der Waals surface area contributed by atoms with Gasteiger partial charge in [0.05, 0.1) is 25.1 Å². The summed E-state index contributed by atoms with van der Waals surface area (Å²) in [5, 5.41) is 4.22. The van der Waals surface area contributed by atoms with Gasteiger partial charge in [0.1, 0.15) is 0 Å². The lowest BCUT2D eigenvalue weighted by Crippen LogP contribution is -2.22. The zero-order chi connectivity index (χ0) is 11.4. The molecule has 0 saturated heterocycles. The smallest absolute Gasteiger partial charge is 0.0969 e. The van der Waals surface area contributed by atoms with Crippen LogP contribution in [-0.2, 0) is 6.54 Å². The van der Waals surface area contributed by atoms with E-state index in [2.05, 4.69) is 10.1 Å². The van der Waals surface area contributed by atoms with Crippen LogP contribution in [-0.4, -0.2) is 22.2 Å². The average molecular weight is 220 g/mol. The highest BCUT2D eigenvalue weighted by molar-refractivity contribution is 5.83. The maximum Gasteiger partial charge on any atom is 0.0969 e. The van der Waals surface area contributed by atoms with Gasteiger partial charge in [-0.25, -0.2) is 0 Å². The van der Waals surface area contributed by atoms with Crippen molar-refractivity contribution in [2.45, 2.75) is 39.2 Å². The van der Waals surface area contributed by atoms with Gasteiger partial charge >= 0.3 is 0 Å². The van der Waals surface area contributed by atoms with E-state index < -0.39 is 0 Å². The van der Waals surface area contributed by atoms with Gasteiger partial charge in [0.15, 0.2) is 0 Å². The summed E-state index contributed by atoms with van der Waals surface area (Å²) in [6.07, 6.45) is 8.94. The second kappa shape index (κ2) is 5.14. The van der Waals surface area contributed by atoms with Gasteiger partial charge in [-0.1, -0.05) is 12.8 Å². The van der Waals surface area contributed by atoms with E-state index in [1.165, 1.54) is 31.2 Å². The van der Waals surface area contributed by atoms with Crippen molar-refractivity contribution in [2.75, 3.05) is 6.54 Å². The van der Waals surface area contributed by atoms with Gasteiger partial charge in [-0.15, -0.1) is 0 Å². The van der Waals surface area contributed by atoms with E-state index in [0.29, 0.717) is 5.92 Å². The van der Waals surface area contributed by atoms with Gasteiger partial charge in [0.25, 0.3) is 0 Å². The van der Waals surface area contributed by atoms with E-state index in [9.17, 15) is 0 Å². The van der Waals surface area contributed by atoms with Crippen LogP contribution in [0.4, 0.5) is 0 Å². The Kier molecular flexibility index (Phi) is 3.59. The van der Waals surface area contributed by atoms with Crippen molar-refractivity contribution in [3.63, 3.8) is 0 Å². The zero-order valence-electron chi connectivity index (χ0n) is 9.89. The summed E-state index contributed by atoms with van der Waals surface area (Å²) < 4.78 is 1.92. The molecule has 1 aliphatic carbocycles. The van der Waals surface area contributed by atoms with Crippen LogP contribution in [0.15, 0.2) is 17.4 Å². The molecule has 88 valence electrons. The third kappa shape index (κ3) is 2.84. The standard InChI is InChI=1S/C12H20N4/c1-10-8-15-16(9-10)7-6-14-12(13)11-4-2-3-5-11/h8-9,11H,2-7H2,1H3,(H2,13,14). The third-order valence-electron chi connectivity index (χ3n) is 3.16. The van der Waals surface area contributed by atoms with Gasteiger partial charge in [-0.05, 0) is 25.3 Å². The maximum absolute atomic E-state index is 5.97. The molecule has 0 unspecified atom stereocenters. The number of aromatic nitrogens is 2. The molecule has 16 heavy (non-hydrogen) atoms. The summed E-state index contributed by atoms with van der Waals surface area (Å²) in [4.78, 5) is 4.44. The summed E-state index contributed by atoms with van der Waals surface area (Å²) >= 11 is 0. The topological polar surface area (TPSA) is 56.2 Å². The number of hydrogen-bond acceptors (Lipinski definition) is 2. The van der Waals surface area contributed by atoms with E-state index in [1.807, 2.05) is 24.0 Å². The van der Waals surface area contributed by atoms with Crippen LogP contribution < -0.4 is 5.73 Å². The monoisotopic (exact) mass is 220 g/mol. The molecule has 0 bridgehead atoms. The minimum atomic E-state index is 0.541. The fraction of sp³-hybridized carbons (Fsp3) is 0.667. The first-order chi connectivity index (χ1) is 7.75. The molecule has 0 radical (unpaired) electrons. The quantitative estimate of drug-likeness (QED) is 0.620. The largest absolute Gasteiger partial charge is 0.387 e. The van der Waals surface area contributed by atoms with Gasteiger partial charge in [0.2, 0.25) is 0 Å². The fourth-order valence-electron chi connectivity index (χ4n) is 2.22. The lowest BCUT2D eigenvalue weighted by atomic mass is 10.1. The number of amidine groups is 1. The Morgan fingerprint density at radius 3 is 2.94 bits per heavy atom. The van der Waals surface area contributed by atoms with Crippen LogP contribution in [0, 0.1) is 12.8 Å². The summed E-state index contributed by atoms with van der Waals surface area (Å²) in [6.45, 7) is 3.60. The van der Waals surface area contributed by atoms with Crippen molar-refractivity contribution in [3.8, 4) is 0 Å². The summed E-state index contributed by atoms with van der Waals surface area (Å²) in [5.41, 5.74) is 7.16. The SMILES string of the molecule is Cc1cnn(CCN=C(N)C2CCCC2)c1. The number of nitrogens with zero attached hydrogens (tertiary/aromatic N) is 3. The highest BCUT2D eigenvalue weighted by Crippen LogP contribution is 2.24. The molecule has 0 atom stereocenters. The highest BCUT2D eigenvalue weighted by Gasteiger charge is 2.17. The van der Waals surface area contributed by atoms with Crippen LogP contribution in [0.25, 0.3) is 0 Å². The molecular formula is C12H20N4. The Morgan fingerprint density at radius 2 is 2.31 bits per heavy atom. The summed E-state index contributed by atoms with van der Waals surface area (Å²) in [7, 11) is 0. The lowest BCUT2D eigenvalue weighted by Gasteiger charge is -2.07. The molecule has 2 N–H and O–H groups in total. The van der Waals surface area contributed by atoms with Crippen LogP contribution in [0.3, 0.4) is 0 Å². The van der Waals surface area contributed by atoms with E-state index in [4.69, 9.17) is 5.73 Å². The van der Waals surface area contributed by atoms with Crippen LogP contribution in [0.5, 0.6) is 0 Å². The van der Waals surface area contributed by atoms with Crippen molar-refractivity contribution in [2.24, 2.45) is 16.6 Å². The van der Waals surface area contributed by atoms with E-state index in [0.717, 1.165) is 18.9 Å². The van der Waals surface area contributed by atoms with Gasteiger partial charge < -0.3 is 5.73 Å². The normalized spacial score (nSPS) is 18.2. The Hall–Kier alpha value is -1.32. The second-order valence-corrected chi connectivity index (χ2v) is 4.57. The van der Waals surface area contributed by atoms with Crippen LogP contribution in [0.1, 0.15) is 31.2 Å². The first-order valence-electron chi connectivity index (χ1n) is 6.04. The van der Waals surface area contributed by atoms with E-state index in [-0.39, 0.29) is 0 Å². The molecule has 1 aliphatic rings. The lowest BCUT2D eigenvalue weighted by molar-refractivity contribution is 0.620. The molecule has 1 aromatic heterocycles. The van der Waals surface area contributed by atoms with Crippen molar-refractivity contribution in [1.82, 2.24) is 9.78 Å². The average Bonchev–Trinajstić information content (AvgIpc) is 2.89. The number of rotatable bonds is 4. The second-order valence-electron chi connectivity index (χ2n) is 4.57. The first-order valence-corrected chi connectivity index (χ1v) is 6.04. The fourth-order valence-corrected chi connectivity index (χ4v) is 2.22. The molecule has 0 spiro atoms. The predicted octanol–water partition coefficient (Wildman–Crippen LogP) is 1.74. The van der Waals surface area contributed by atoms with E-state index >= 15 is 0 Å². The predicted molar refractivity (Wildman–Crippen MR) is 65.4 cm³/mol. The van der Waals surface area contributed by atoms with Crippen molar-refractivity contribution < 1.29 is 0 Å². The van der Waals surface area contributed by atoms with Crippen LogP contribution in [0.2, 0.25) is 0 Å². The van der Waals surface area contributed by atoms with Gasteiger partial charge in [0, 0.05) is 12.1 Å². The van der Waals surface area contributed by atoms with Crippen molar-refractivity contribution in [3.05, 3.63) is 18.0 Å². The molecule has 4 nitrogen and oxygen atoms in total. The number of hydrogen-bond donors (Lipinski definition) is 1. The van der Waals surface area contributed by atoms with Gasteiger partial charge in [-0.2, -0.15) is 5.10 Å². The molecule has 0 amide bonds. The number of aliphatic imine (C=N–C) groups is 1. The molecule has 4 heteroatoms. The minimum Gasteiger partial charge on any atom is -0.387 e. The first kappa shape index (κ1) is 11.2. The molecule has 1 aromatic rings. The number of aryl methyl sites for hydroxylation is 1. The van der Waals surface area contributed by atoms with Crippen LogP contribution >= 0.6 is 0 Å². The van der Waals surface area contributed by atoms with Crippen molar-refractivity contribution in [1.29, 1.82) is 0 Å². The molecular weight excluding hydrogens is 200 g/mol. The highest BCUT2D eigenvalue weighted by atomic mass is 15.3. The minimum absolute atomic E-state index is 0.541. The molecule has 1 heterocycles. The molecule has 1 saturated carbocycles. The summed E-state index contributed by atoms with van der Waals surface area (Å²) in [6, 6.07) is 0.